The molecule has 1 amide bonds. The largest absolute Gasteiger partial charge is 0.493 e. The summed E-state index contributed by atoms with van der Waals surface area (Å²) in [6.45, 7) is 5.76. The number of hydrogen-bond acceptors (Lipinski definition) is 6. The number of thioether (sulfide) groups is 1. The Labute approximate surface area is 164 Å². The van der Waals surface area contributed by atoms with E-state index in [1.165, 1.54) is 24.9 Å². The van der Waals surface area contributed by atoms with E-state index in [-0.39, 0.29) is 17.1 Å². The highest BCUT2D eigenvalue weighted by Crippen LogP contribution is 2.29. The quantitative estimate of drug-likeness (QED) is 0.524. The lowest BCUT2D eigenvalue weighted by Gasteiger charge is -2.30. The first-order valence-corrected chi connectivity index (χ1v) is 9.96. The SMILES string of the molecule is COC(=O)[C@H]1CN(C(=O)/C=C/c2ccc(OCC(C)C)c(OC)c2)CCS1. The summed E-state index contributed by atoms with van der Waals surface area (Å²) >= 11 is 1.52. The highest BCUT2D eigenvalue weighted by atomic mass is 32.2. The van der Waals surface area contributed by atoms with Gasteiger partial charge in [-0.1, -0.05) is 19.9 Å². The maximum Gasteiger partial charge on any atom is 0.320 e. The smallest absolute Gasteiger partial charge is 0.320 e. The Morgan fingerprint density at radius 3 is 2.74 bits per heavy atom. The maximum absolute atomic E-state index is 12.4. The van der Waals surface area contributed by atoms with E-state index in [9.17, 15) is 9.59 Å². The normalized spacial score (nSPS) is 17.2. The van der Waals surface area contributed by atoms with Gasteiger partial charge in [0.05, 0.1) is 20.8 Å². The van der Waals surface area contributed by atoms with Crippen LogP contribution in [0.1, 0.15) is 19.4 Å². The van der Waals surface area contributed by atoms with Crippen LogP contribution in [0.25, 0.3) is 6.08 Å². The molecule has 0 radical (unpaired) electrons. The summed E-state index contributed by atoms with van der Waals surface area (Å²) in [5, 5.41) is -0.321. The van der Waals surface area contributed by atoms with Gasteiger partial charge in [-0.2, -0.15) is 0 Å². The lowest BCUT2D eigenvalue weighted by molar-refractivity contribution is -0.140. The van der Waals surface area contributed by atoms with E-state index in [4.69, 9.17) is 14.2 Å². The van der Waals surface area contributed by atoms with Crippen molar-refractivity contribution in [2.75, 3.05) is 39.7 Å². The van der Waals surface area contributed by atoms with Crippen molar-refractivity contribution in [2.24, 2.45) is 5.92 Å². The Hall–Kier alpha value is -2.15. The molecule has 0 aliphatic carbocycles. The van der Waals surface area contributed by atoms with Crippen molar-refractivity contribution in [3.8, 4) is 11.5 Å². The van der Waals surface area contributed by atoms with E-state index in [0.29, 0.717) is 37.1 Å². The molecule has 0 bridgehead atoms. The van der Waals surface area contributed by atoms with Crippen LogP contribution in [-0.4, -0.2) is 61.7 Å². The molecule has 0 unspecified atom stereocenters. The number of amides is 1. The summed E-state index contributed by atoms with van der Waals surface area (Å²) in [4.78, 5) is 25.8. The molecule has 1 aliphatic heterocycles. The highest BCUT2D eigenvalue weighted by Gasteiger charge is 2.28. The van der Waals surface area contributed by atoms with Gasteiger partial charge in [0.25, 0.3) is 0 Å². The van der Waals surface area contributed by atoms with Gasteiger partial charge in [-0.3, -0.25) is 9.59 Å². The van der Waals surface area contributed by atoms with Crippen LogP contribution in [0.15, 0.2) is 24.3 Å². The van der Waals surface area contributed by atoms with E-state index >= 15 is 0 Å². The van der Waals surface area contributed by atoms with Crippen LogP contribution < -0.4 is 9.47 Å². The van der Waals surface area contributed by atoms with E-state index in [2.05, 4.69) is 13.8 Å². The van der Waals surface area contributed by atoms with Crippen LogP contribution >= 0.6 is 11.8 Å². The van der Waals surface area contributed by atoms with Crippen molar-refractivity contribution in [3.05, 3.63) is 29.8 Å². The van der Waals surface area contributed by atoms with Crippen molar-refractivity contribution in [3.63, 3.8) is 0 Å². The molecule has 1 aromatic carbocycles. The minimum absolute atomic E-state index is 0.122. The van der Waals surface area contributed by atoms with Gasteiger partial charge in [0.15, 0.2) is 11.5 Å². The zero-order valence-corrected chi connectivity index (χ0v) is 17.1. The highest BCUT2D eigenvalue weighted by molar-refractivity contribution is 8.00. The number of nitrogens with zero attached hydrogens (tertiary/aromatic N) is 1. The third-order valence-corrected chi connectivity index (χ3v) is 5.18. The molecule has 6 nitrogen and oxygen atoms in total. The van der Waals surface area contributed by atoms with Crippen LogP contribution in [-0.2, 0) is 14.3 Å². The average Bonchev–Trinajstić information content (AvgIpc) is 2.69. The first-order valence-electron chi connectivity index (χ1n) is 8.91. The van der Waals surface area contributed by atoms with E-state index in [1.807, 2.05) is 18.2 Å². The second kappa shape index (κ2) is 10.3. The van der Waals surface area contributed by atoms with Gasteiger partial charge in [0, 0.05) is 24.9 Å². The third-order valence-electron chi connectivity index (χ3n) is 4.02. The first kappa shape index (κ1) is 21.2. The zero-order valence-electron chi connectivity index (χ0n) is 16.3. The van der Waals surface area contributed by atoms with Gasteiger partial charge in [0.2, 0.25) is 5.91 Å². The molecule has 1 heterocycles. The minimum Gasteiger partial charge on any atom is -0.493 e. The predicted octanol–water partition coefficient (Wildman–Crippen LogP) is 2.86. The number of ether oxygens (including phenoxy) is 3. The van der Waals surface area contributed by atoms with Gasteiger partial charge in [0.1, 0.15) is 5.25 Å². The molecule has 0 spiro atoms. The molecular weight excluding hydrogens is 366 g/mol. The average molecular weight is 394 g/mol. The van der Waals surface area contributed by atoms with E-state index in [0.717, 1.165) is 11.3 Å². The molecular formula is C20H27NO5S. The van der Waals surface area contributed by atoms with Crippen molar-refractivity contribution in [1.82, 2.24) is 4.90 Å². The standard InChI is InChI=1S/C20H27NO5S/c1-14(2)13-26-16-7-5-15(11-17(16)24-3)6-8-19(22)21-9-10-27-18(12-21)20(23)25-4/h5-8,11,14,18H,9-10,12-13H2,1-4H3/b8-6+/t18-/m1/s1. The van der Waals surface area contributed by atoms with E-state index < -0.39 is 0 Å². The van der Waals surface area contributed by atoms with Crippen molar-refractivity contribution in [2.45, 2.75) is 19.1 Å². The molecule has 0 saturated carbocycles. The van der Waals surface area contributed by atoms with Gasteiger partial charge in [-0.25, -0.2) is 0 Å². The number of methoxy groups -OCH3 is 2. The lowest BCUT2D eigenvalue weighted by atomic mass is 10.1. The Bertz CT molecular complexity index is 689. The summed E-state index contributed by atoms with van der Waals surface area (Å²) in [6.07, 6.45) is 3.26. The molecule has 1 aliphatic rings. The predicted molar refractivity (Wildman–Crippen MR) is 107 cm³/mol. The number of hydrogen-bond donors (Lipinski definition) is 0. The van der Waals surface area contributed by atoms with Gasteiger partial charge >= 0.3 is 5.97 Å². The first-order chi connectivity index (χ1) is 12.9. The zero-order chi connectivity index (χ0) is 19.8. The minimum atomic E-state index is -0.321. The summed E-state index contributed by atoms with van der Waals surface area (Å²) in [5.74, 6) is 2.04. The van der Waals surface area contributed by atoms with Crippen LogP contribution in [0.4, 0.5) is 0 Å². The molecule has 148 valence electrons. The van der Waals surface area contributed by atoms with Crippen LogP contribution in [0.3, 0.4) is 0 Å². The second-order valence-corrected chi connectivity index (χ2v) is 7.93. The Kier molecular flexibility index (Phi) is 8.03. The van der Waals surface area contributed by atoms with Gasteiger partial charge < -0.3 is 19.1 Å². The Morgan fingerprint density at radius 2 is 2.07 bits per heavy atom. The van der Waals surface area contributed by atoms with E-state index in [1.54, 1.807) is 18.1 Å². The van der Waals surface area contributed by atoms with Gasteiger partial charge in [-0.05, 0) is 29.7 Å². The molecule has 2 rings (SSSR count). The van der Waals surface area contributed by atoms with Crippen molar-refractivity contribution in [1.29, 1.82) is 0 Å². The Balaban J connectivity index is 2.01. The molecule has 0 N–H and O–H groups in total. The van der Waals surface area contributed by atoms with Crippen LogP contribution in [0.2, 0.25) is 0 Å². The molecule has 7 heteroatoms. The second-order valence-electron chi connectivity index (χ2n) is 6.62. The third kappa shape index (κ3) is 6.20. The molecule has 1 aromatic rings. The molecule has 1 atom stereocenters. The van der Waals surface area contributed by atoms with Crippen molar-refractivity contribution < 1.29 is 23.8 Å². The fourth-order valence-electron chi connectivity index (χ4n) is 2.56. The fraction of sp³-hybridized carbons (Fsp3) is 0.500. The number of benzene rings is 1. The topological polar surface area (TPSA) is 65.1 Å². The summed E-state index contributed by atoms with van der Waals surface area (Å²) in [6, 6.07) is 5.56. The number of rotatable bonds is 7. The molecule has 1 saturated heterocycles. The fourth-order valence-corrected chi connectivity index (χ4v) is 3.69. The monoisotopic (exact) mass is 393 g/mol. The molecule has 1 fully saturated rings. The van der Waals surface area contributed by atoms with Crippen LogP contribution in [0.5, 0.6) is 11.5 Å². The molecule has 0 aromatic heterocycles. The van der Waals surface area contributed by atoms with Crippen molar-refractivity contribution >= 4 is 29.7 Å². The molecule has 27 heavy (non-hydrogen) atoms. The number of carbonyl (C=O) groups is 2. The summed E-state index contributed by atoms with van der Waals surface area (Å²) in [5.41, 5.74) is 0.841. The number of esters is 1. The summed E-state index contributed by atoms with van der Waals surface area (Å²) in [7, 11) is 2.96. The lowest BCUT2D eigenvalue weighted by Crippen LogP contribution is -2.44. The summed E-state index contributed by atoms with van der Waals surface area (Å²) < 4.78 is 15.9. The Morgan fingerprint density at radius 1 is 1.30 bits per heavy atom. The van der Waals surface area contributed by atoms with Crippen LogP contribution in [0, 0.1) is 5.92 Å². The van der Waals surface area contributed by atoms with Gasteiger partial charge in [-0.15, -0.1) is 11.8 Å². The number of carbonyl (C=O) groups excluding carboxylic acids is 2. The maximum atomic E-state index is 12.4.